The van der Waals surface area contributed by atoms with Crippen molar-refractivity contribution in [3.63, 3.8) is 0 Å². The average molecular weight is 378 g/mol. The number of halogens is 1. The van der Waals surface area contributed by atoms with Crippen molar-refractivity contribution in [2.24, 2.45) is 0 Å². The lowest BCUT2D eigenvalue weighted by Crippen LogP contribution is -2.33. The lowest BCUT2D eigenvalue weighted by molar-refractivity contribution is -0.115. The second-order valence-electron chi connectivity index (χ2n) is 4.66. The Balaban J connectivity index is 1.75. The Bertz CT molecular complexity index is 692. The Morgan fingerprint density at radius 2 is 1.83 bits per heavy atom. The van der Waals surface area contributed by atoms with Crippen molar-refractivity contribution in [3.05, 3.63) is 58.6 Å². The molecule has 6 nitrogen and oxygen atoms in total. The SMILES string of the molecule is Nc1c(Br)cccc1NC(=O)CNC(=O)OCc1ccccc1. The van der Waals surface area contributed by atoms with E-state index in [2.05, 4.69) is 26.6 Å². The molecule has 7 heteroatoms. The van der Waals surface area contributed by atoms with E-state index in [0.717, 1.165) is 5.56 Å². The van der Waals surface area contributed by atoms with Gasteiger partial charge < -0.3 is 21.1 Å². The highest BCUT2D eigenvalue weighted by Crippen LogP contribution is 2.26. The van der Waals surface area contributed by atoms with E-state index in [0.29, 0.717) is 15.8 Å². The van der Waals surface area contributed by atoms with Crippen LogP contribution in [0.5, 0.6) is 0 Å². The highest BCUT2D eigenvalue weighted by Gasteiger charge is 2.09. The normalized spacial score (nSPS) is 9.96. The molecule has 0 aliphatic rings. The first-order valence-corrected chi connectivity index (χ1v) is 7.64. The number of hydrogen-bond acceptors (Lipinski definition) is 4. The summed E-state index contributed by atoms with van der Waals surface area (Å²) >= 11 is 3.27. The van der Waals surface area contributed by atoms with E-state index in [9.17, 15) is 9.59 Å². The van der Waals surface area contributed by atoms with Crippen molar-refractivity contribution in [3.8, 4) is 0 Å². The maximum atomic E-state index is 11.8. The smallest absolute Gasteiger partial charge is 0.407 e. The monoisotopic (exact) mass is 377 g/mol. The molecule has 0 saturated heterocycles. The molecule has 0 spiro atoms. The van der Waals surface area contributed by atoms with Gasteiger partial charge >= 0.3 is 6.09 Å². The van der Waals surface area contributed by atoms with Gasteiger partial charge in [0.25, 0.3) is 0 Å². The fourth-order valence-corrected chi connectivity index (χ4v) is 2.13. The van der Waals surface area contributed by atoms with Crippen LogP contribution in [0.1, 0.15) is 5.56 Å². The number of amides is 2. The third-order valence-electron chi connectivity index (χ3n) is 2.93. The predicted octanol–water partition coefficient (Wildman–Crippen LogP) is 2.90. The molecule has 0 aliphatic carbocycles. The van der Waals surface area contributed by atoms with Crippen LogP contribution in [0.15, 0.2) is 53.0 Å². The van der Waals surface area contributed by atoms with Crippen LogP contribution in [0.4, 0.5) is 16.2 Å². The van der Waals surface area contributed by atoms with E-state index in [-0.39, 0.29) is 13.2 Å². The second-order valence-corrected chi connectivity index (χ2v) is 5.52. The molecule has 0 atom stereocenters. The van der Waals surface area contributed by atoms with Crippen molar-refractivity contribution in [2.75, 3.05) is 17.6 Å². The van der Waals surface area contributed by atoms with Crippen molar-refractivity contribution in [1.82, 2.24) is 5.32 Å². The minimum Gasteiger partial charge on any atom is -0.445 e. The number of alkyl carbamates (subject to hydrolysis) is 1. The van der Waals surface area contributed by atoms with Gasteiger partial charge in [-0.15, -0.1) is 0 Å². The molecule has 0 aliphatic heterocycles. The van der Waals surface area contributed by atoms with Gasteiger partial charge in [-0.2, -0.15) is 0 Å². The number of hydrogen-bond donors (Lipinski definition) is 3. The molecular weight excluding hydrogens is 362 g/mol. The molecule has 4 N–H and O–H groups in total. The van der Waals surface area contributed by atoms with E-state index < -0.39 is 12.0 Å². The van der Waals surface area contributed by atoms with Crippen LogP contribution < -0.4 is 16.4 Å². The van der Waals surface area contributed by atoms with Crippen LogP contribution in [-0.4, -0.2) is 18.5 Å². The first kappa shape index (κ1) is 16.8. The molecule has 2 amide bonds. The molecule has 2 aromatic rings. The van der Waals surface area contributed by atoms with E-state index in [1.807, 2.05) is 30.3 Å². The molecular formula is C16H16BrN3O3. The van der Waals surface area contributed by atoms with E-state index in [4.69, 9.17) is 10.5 Å². The van der Waals surface area contributed by atoms with Crippen molar-refractivity contribution in [2.45, 2.75) is 6.61 Å². The van der Waals surface area contributed by atoms with Crippen LogP contribution in [0.2, 0.25) is 0 Å². The van der Waals surface area contributed by atoms with E-state index in [1.54, 1.807) is 18.2 Å². The summed E-state index contributed by atoms with van der Waals surface area (Å²) in [6.45, 7) is -0.0630. The van der Waals surface area contributed by atoms with Crippen LogP contribution in [0, 0.1) is 0 Å². The van der Waals surface area contributed by atoms with Crippen molar-refractivity contribution < 1.29 is 14.3 Å². The number of nitrogen functional groups attached to an aromatic ring is 1. The first-order valence-electron chi connectivity index (χ1n) is 6.84. The molecule has 0 heterocycles. The Morgan fingerprint density at radius 3 is 2.57 bits per heavy atom. The lowest BCUT2D eigenvalue weighted by atomic mass is 10.2. The van der Waals surface area contributed by atoms with Crippen LogP contribution in [-0.2, 0) is 16.1 Å². The van der Waals surface area contributed by atoms with Gasteiger partial charge in [0.1, 0.15) is 13.2 Å². The maximum absolute atomic E-state index is 11.8. The summed E-state index contributed by atoms with van der Waals surface area (Å²) in [5.41, 5.74) is 7.59. The Morgan fingerprint density at radius 1 is 1.09 bits per heavy atom. The zero-order valence-electron chi connectivity index (χ0n) is 12.2. The van der Waals surface area contributed by atoms with Gasteiger partial charge in [0.2, 0.25) is 5.91 Å². The summed E-state index contributed by atoms with van der Waals surface area (Å²) in [5, 5.41) is 5.00. The largest absolute Gasteiger partial charge is 0.445 e. The minimum atomic E-state index is -0.661. The summed E-state index contributed by atoms with van der Waals surface area (Å²) in [6.07, 6.45) is -0.661. The molecule has 0 unspecified atom stereocenters. The number of nitrogens with one attached hydrogen (secondary N) is 2. The van der Waals surface area contributed by atoms with Crippen LogP contribution >= 0.6 is 15.9 Å². The van der Waals surface area contributed by atoms with Gasteiger partial charge in [-0.05, 0) is 33.6 Å². The quantitative estimate of drug-likeness (QED) is 0.698. The number of carbonyl (C=O) groups is 2. The number of ether oxygens (including phenoxy) is 1. The van der Waals surface area contributed by atoms with Crippen molar-refractivity contribution >= 4 is 39.3 Å². The zero-order valence-corrected chi connectivity index (χ0v) is 13.8. The highest BCUT2D eigenvalue weighted by molar-refractivity contribution is 9.10. The van der Waals surface area contributed by atoms with Crippen molar-refractivity contribution in [1.29, 1.82) is 0 Å². The van der Waals surface area contributed by atoms with Crippen LogP contribution in [0.25, 0.3) is 0 Å². The highest BCUT2D eigenvalue weighted by atomic mass is 79.9. The summed E-state index contributed by atoms with van der Waals surface area (Å²) in [4.78, 5) is 23.4. The summed E-state index contributed by atoms with van der Waals surface area (Å²) < 4.78 is 5.69. The van der Waals surface area contributed by atoms with E-state index >= 15 is 0 Å². The standard InChI is InChI=1S/C16H16BrN3O3/c17-12-7-4-8-13(15(12)18)20-14(21)9-19-16(22)23-10-11-5-2-1-3-6-11/h1-8H,9-10,18H2,(H,19,22)(H,20,21). The van der Waals surface area contributed by atoms with E-state index in [1.165, 1.54) is 0 Å². The minimum absolute atomic E-state index is 0.146. The number of para-hydroxylation sites is 1. The Labute approximate surface area is 142 Å². The second kappa shape index (κ2) is 8.19. The molecule has 23 heavy (non-hydrogen) atoms. The zero-order chi connectivity index (χ0) is 16.7. The fraction of sp³-hybridized carbons (Fsp3) is 0.125. The molecule has 0 aromatic heterocycles. The lowest BCUT2D eigenvalue weighted by Gasteiger charge is -2.10. The molecule has 120 valence electrons. The molecule has 2 aromatic carbocycles. The number of rotatable bonds is 5. The molecule has 0 bridgehead atoms. The van der Waals surface area contributed by atoms with Crippen LogP contribution in [0.3, 0.4) is 0 Å². The predicted molar refractivity (Wildman–Crippen MR) is 91.8 cm³/mol. The third-order valence-corrected chi connectivity index (χ3v) is 3.62. The molecule has 0 saturated carbocycles. The summed E-state index contributed by atoms with van der Waals surface area (Å²) in [5.74, 6) is -0.397. The molecule has 0 fully saturated rings. The number of carbonyl (C=O) groups excluding carboxylic acids is 2. The number of benzene rings is 2. The van der Waals surface area contributed by atoms with Gasteiger partial charge in [0, 0.05) is 4.47 Å². The third kappa shape index (κ3) is 5.30. The average Bonchev–Trinajstić information content (AvgIpc) is 2.56. The Kier molecular flexibility index (Phi) is 5.99. The molecule has 2 rings (SSSR count). The van der Waals surface area contributed by atoms with Gasteiger partial charge in [-0.1, -0.05) is 36.4 Å². The molecule has 0 radical (unpaired) electrons. The fourth-order valence-electron chi connectivity index (χ4n) is 1.77. The number of nitrogens with two attached hydrogens (primary N) is 1. The van der Waals surface area contributed by atoms with Gasteiger partial charge in [-0.25, -0.2) is 4.79 Å². The topological polar surface area (TPSA) is 93.5 Å². The number of anilines is 2. The Hall–Kier alpha value is -2.54. The maximum Gasteiger partial charge on any atom is 0.407 e. The van der Waals surface area contributed by atoms with Gasteiger partial charge in [0.15, 0.2) is 0 Å². The van der Waals surface area contributed by atoms with Gasteiger partial charge in [0.05, 0.1) is 11.4 Å². The van der Waals surface area contributed by atoms with Gasteiger partial charge in [-0.3, -0.25) is 4.79 Å². The first-order chi connectivity index (χ1) is 11.1. The summed E-state index contributed by atoms with van der Waals surface area (Å²) in [7, 11) is 0. The summed E-state index contributed by atoms with van der Waals surface area (Å²) in [6, 6.07) is 14.5.